The number of hydrogen-bond acceptors (Lipinski definition) is 1. The minimum Gasteiger partial charge on any atom is -0.307 e. The molecule has 100 valence electrons. The van der Waals surface area contributed by atoms with Crippen LogP contribution in [-0.2, 0) is 6.54 Å². The Balaban J connectivity index is 1.89. The number of benzene rings is 1. The molecule has 1 aliphatic rings. The molecule has 0 unspecified atom stereocenters. The van der Waals surface area contributed by atoms with Gasteiger partial charge in [0.1, 0.15) is 0 Å². The monoisotopic (exact) mass is 253 g/mol. The smallest absolute Gasteiger partial charge is 0.263 e. The third kappa shape index (κ3) is 3.52. The van der Waals surface area contributed by atoms with Crippen molar-refractivity contribution in [3.8, 4) is 0 Å². The van der Waals surface area contributed by atoms with E-state index in [-0.39, 0.29) is 11.1 Å². The summed E-state index contributed by atoms with van der Waals surface area (Å²) >= 11 is 0. The summed E-state index contributed by atoms with van der Waals surface area (Å²) in [6.45, 7) is 3.03. The first kappa shape index (κ1) is 13.5. The zero-order valence-corrected chi connectivity index (χ0v) is 10.9. The molecular weight excluding hydrogens is 232 g/mol. The number of rotatable bonds is 4. The van der Waals surface area contributed by atoms with E-state index in [1.165, 1.54) is 44.2 Å². The zero-order chi connectivity index (χ0) is 13.0. The maximum Gasteiger partial charge on any atom is 0.263 e. The van der Waals surface area contributed by atoms with E-state index in [9.17, 15) is 8.78 Å². The van der Waals surface area contributed by atoms with E-state index >= 15 is 0 Å². The second-order valence-corrected chi connectivity index (χ2v) is 5.52. The van der Waals surface area contributed by atoms with E-state index in [4.69, 9.17) is 0 Å². The molecule has 1 aliphatic carbocycles. The molecular formula is C15H21F2N. The van der Waals surface area contributed by atoms with Crippen LogP contribution in [0.15, 0.2) is 24.3 Å². The van der Waals surface area contributed by atoms with Crippen molar-refractivity contribution in [2.75, 3.05) is 0 Å². The van der Waals surface area contributed by atoms with Gasteiger partial charge in [0.2, 0.25) is 0 Å². The van der Waals surface area contributed by atoms with E-state index in [0.29, 0.717) is 0 Å². The van der Waals surface area contributed by atoms with Gasteiger partial charge < -0.3 is 5.32 Å². The van der Waals surface area contributed by atoms with Crippen molar-refractivity contribution < 1.29 is 8.78 Å². The molecule has 0 aromatic heterocycles. The Morgan fingerprint density at radius 3 is 2.28 bits per heavy atom. The van der Waals surface area contributed by atoms with Crippen LogP contribution < -0.4 is 5.32 Å². The number of alkyl halides is 2. The predicted octanol–water partition coefficient (Wildman–Crippen LogP) is 4.44. The third-order valence-electron chi connectivity index (χ3n) is 3.91. The summed E-state index contributed by atoms with van der Waals surface area (Å²) in [5.74, 6) is 0. The summed E-state index contributed by atoms with van der Waals surface area (Å²) in [5.41, 5.74) is 1.40. The summed E-state index contributed by atoms with van der Waals surface area (Å²) in [4.78, 5) is 0. The van der Waals surface area contributed by atoms with E-state index in [1.807, 2.05) is 0 Å². The average Bonchev–Trinajstić information content (AvgIpc) is 2.38. The van der Waals surface area contributed by atoms with Gasteiger partial charge in [0.05, 0.1) is 0 Å². The summed E-state index contributed by atoms with van der Waals surface area (Å²) in [6, 6.07) is 6.62. The lowest BCUT2D eigenvalue weighted by Crippen LogP contribution is -2.43. The molecule has 0 bridgehead atoms. The molecule has 0 heterocycles. The van der Waals surface area contributed by atoms with Crippen LogP contribution in [0, 0.1) is 0 Å². The highest BCUT2D eigenvalue weighted by atomic mass is 19.3. The lowest BCUT2D eigenvalue weighted by Gasteiger charge is -2.34. The lowest BCUT2D eigenvalue weighted by atomic mass is 9.83. The fraction of sp³-hybridized carbons (Fsp3) is 0.600. The van der Waals surface area contributed by atoms with Crippen LogP contribution in [-0.4, -0.2) is 5.54 Å². The highest BCUT2D eigenvalue weighted by Crippen LogP contribution is 2.28. The Morgan fingerprint density at radius 1 is 1.11 bits per heavy atom. The molecule has 3 heteroatoms. The first-order chi connectivity index (χ1) is 8.59. The maximum absolute atomic E-state index is 12.4. The molecule has 1 N–H and O–H groups in total. The molecule has 0 radical (unpaired) electrons. The number of hydrogen-bond donors (Lipinski definition) is 1. The van der Waals surface area contributed by atoms with Gasteiger partial charge in [-0.15, -0.1) is 0 Å². The quantitative estimate of drug-likeness (QED) is 0.836. The predicted molar refractivity (Wildman–Crippen MR) is 69.7 cm³/mol. The molecule has 0 spiro atoms. The summed E-state index contributed by atoms with van der Waals surface area (Å²) in [6.07, 6.45) is 3.95. The SMILES string of the molecule is CC1(NCc2ccc(C(F)F)cc2)CCCCC1. The molecule has 0 atom stereocenters. The Labute approximate surface area is 108 Å². The molecule has 0 aliphatic heterocycles. The van der Waals surface area contributed by atoms with Crippen molar-refractivity contribution >= 4 is 0 Å². The van der Waals surface area contributed by atoms with Crippen molar-refractivity contribution in [1.29, 1.82) is 0 Å². The molecule has 1 saturated carbocycles. The standard InChI is InChI=1S/C15H21F2N/c1-15(9-3-2-4-10-15)18-11-12-5-7-13(8-6-12)14(16)17/h5-8,14,18H,2-4,9-11H2,1H3. The van der Waals surface area contributed by atoms with E-state index < -0.39 is 6.43 Å². The van der Waals surface area contributed by atoms with E-state index in [0.717, 1.165) is 12.1 Å². The maximum atomic E-state index is 12.4. The minimum absolute atomic E-state index is 0.0997. The van der Waals surface area contributed by atoms with Gasteiger partial charge >= 0.3 is 0 Å². The van der Waals surface area contributed by atoms with Crippen LogP contribution in [0.5, 0.6) is 0 Å². The molecule has 1 aromatic carbocycles. The highest BCUT2D eigenvalue weighted by molar-refractivity contribution is 5.23. The lowest BCUT2D eigenvalue weighted by molar-refractivity contribution is 0.151. The van der Waals surface area contributed by atoms with Crippen LogP contribution in [0.1, 0.15) is 56.6 Å². The summed E-state index contributed by atoms with van der Waals surface area (Å²) < 4.78 is 24.8. The van der Waals surface area contributed by atoms with Crippen LogP contribution in [0.3, 0.4) is 0 Å². The molecule has 0 saturated heterocycles. The van der Waals surface area contributed by atoms with E-state index in [2.05, 4.69) is 12.2 Å². The molecule has 0 amide bonds. The van der Waals surface area contributed by atoms with Gasteiger partial charge in [0.15, 0.2) is 0 Å². The van der Waals surface area contributed by atoms with Gasteiger partial charge in [-0.2, -0.15) is 0 Å². The molecule has 2 rings (SSSR count). The second-order valence-electron chi connectivity index (χ2n) is 5.52. The Bertz CT molecular complexity index is 367. The van der Waals surface area contributed by atoms with Crippen LogP contribution in [0.4, 0.5) is 8.78 Å². The van der Waals surface area contributed by atoms with Gasteiger partial charge in [-0.05, 0) is 25.3 Å². The number of halogens is 2. The van der Waals surface area contributed by atoms with Crippen LogP contribution >= 0.6 is 0 Å². The van der Waals surface area contributed by atoms with E-state index in [1.54, 1.807) is 12.1 Å². The van der Waals surface area contributed by atoms with Crippen molar-refractivity contribution in [3.63, 3.8) is 0 Å². The Kier molecular flexibility index (Phi) is 4.33. The normalized spacial score (nSPS) is 19.1. The van der Waals surface area contributed by atoms with Crippen LogP contribution in [0.25, 0.3) is 0 Å². The van der Waals surface area contributed by atoms with Crippen molar-refractivity contribution in [3.05, 3.63) is 35.4 Å². The average molecular weight is 253 g/mol. The van der Waals surface area contributed by atoms with Crippen molar-refractivity contribution in [2.45, 2.75) is 57.5 Å². The molecule has 18 heavy (non-hydrogen) atoms. The fourth-order valence-corrected chi connectivity index (χ4v) is 2.61. The molecule has 1 nitrogen and oxygen atoms in total. The molecule has 1 aromatic rings. The van der Waals surface area contributed by atoms with Gasteiger partial charge in [-0.1, -0.05) is 43.5 Å². The Hall–Kier alpha value is -0.960. The van der Waals surface area contributed by atoms with Gasteiger partial charge in [-0.3, -0.25) is 0 Å². The largest absolute Gasteiger partial charge is 0.307 e. The van der Waals surface area contributed by atoms with Gasteiger partial charge in [-0.25, -0.2) is 8.78 Å². The Morgan fingerprint density at radius 2 is 1.72 bits per heavy atom. The first-order valence-corrected chi connectivity index (χ1v) is 6.71. The van der Waals surface area contributed by atoms with Crippen molar-refractivity contribution in [2.24, 2.45) is 0 Å². The second kappa shape index (κ2) is 5.79. The number of nitrogens with one attached hydrogen (secondary N) is 1. The van der Waals surface area contributed by atoms with Gasteiger partial charge in [0.25, 0.3) is 6.43 Å². The van der Waals surface area contributed by atoms with Gasteiger partial charge in [0, 0.05) is 17.6 Å². The topological polar surface area (TPSA) is 12.0 Å². The molecule has 1 fully saturated rings. The fourth-order valence-electron chi connectivity index (χ4n) is 2.61. The zero-order valence-electron chi connectivity index (χ0n) is 10.9. The minimum atomic E-state index is -2.37. The van der Waals surface area contributed by atoms with Crippen LogP contribution in [0.2, 0.25) is 0 Å². The van der Waals surface area contributed by atoms with Crippen molar-refractivity contribution in [1.82, 2.24) is 5.32 Å². The summed E-state index contributed by atoms with van der Waals surface area (Å²) in [7, 11) is 0. The highest BCUT2D eigenvalue weighted by Gasteiger charge is 2.25. The summed E-state index contributed by atoms with van der Waals surface area (Å²) in [5, 5.41) is 3.58. The first-order valence-electron chi connectivity index (χ1n) is 6.71. The third-order valence-corrected chi connectivity index (χ3v) is 3.91.